The van der Waals surface area contributed by atoms with E-state index in [9.17, 15) is 19.7 Å². The molecule has 13 heteroatoms. The van der Waals surface area contributed by atoms with Crippen molar-refractivity contribution in [3.63, 3.8) is 0 Å². The zero-order valence-electron chi connectivity index (χ0n) is 20.6. The highest BCUT2D eigenvalue weighted by atomic mass is 16.6. The normalized spacial score (nSPS) is 11.4. The number of hydrogen-bond acceptors (Lipinski definition) is 9. The van der Waals surface area contributed by atoms with Crippen LogP contribution in [0.3, 0.4) is 0 Å². The maximum atomic E-state index is 12.5. The molecule has 0 aliphatic rings. The number of carbonyl (C=O) groups excluding carboxylic acids is 1. The Balaban J connectivity index is 1.33. The summed E-state index contributed by atoms with van der Waals surface area (Å²) in [7, 11) is 0. The second kappa shape index (κ2) is 10.8. The molecular formula is C25H23N5O8. The molecule has 4 rings (SSSR count). The molecule has 0 fully saturated rings. The van der Waals surface area contributed by atoms with Crippen LogP contribution in [0.4, 0.5) is 5.69 Å². The number of nitrogens with one attached hydrogen (secondary N) is 1. The largest absolute Gasteiger partial charge is 0.486 e. The second-order valence-electron chi connectivity index (χ2n) is 8.22. The number of aromatic nitrogens is 2. The van der Waals surface area contributed by atoms with Crippen LogP contribution in [0.2, 0.25) is 0 Å². The van der Waals surface area contributed by atoms with E-state index < -0.39 is 16.8 Å². The molecular weight excluding hydrogens is 498 g/mol. The monoisotopic (exact) mass is 521 g/mol. The van der Waals surface area contributed by atoms with Gasteiger partial charge in [0.25, 0.3) is 0 Å². The van der Waals surface area contributed by atoms with Gasteiger partial charge in [-0.05, 0) is 74.9 Å². The van der Waals surface area contributed by atoms with Crippen molar-refractivity contribution in [1.82, 2.24) is 15.2 Å². The summed E-state index contributed by atoms with van der Waals surface area (Å²) in [5.41, 5.74) is 4.34. The van der Waals surface area contributed by atoms with Crippen LogP contribution in [0.25, 0.3) is 0 Å². The number of nitro groups is 1. The summed E-state index contributed by atoms with van der Waals surface area (Å²) in [6.07, 6.45) is 0. The van der Waals surface area contributed by atoms with Gasteiger partial charge in [-0.1, -0.05) is 0 Å². The van der Waals surface area contributed by atoms with E-state index in [2.05, 4.69) is 15.6 Å². The number of hydrogen-bond donors (Lipinski definition) is 2. The van der Waals surface area contributed by atoms with E-state index in [4.69, 9.17) is 18.7 Å². The van der Waals surface area contributed by atoms with Gasteiger partial charge < -0.3 is 18.7 Å². The van der Waals surface area contributed by atoms with Crippen LogP contribution in [0.5, 0.6) is 5.75 Å². The lowest BCUT2D eigenvalue weighted by Crippen LogP contribution is -2.18. The molecule has 3 aromatic heterocycles. The molecule has 0 saturated heterocycles. The predicted molar refractivity (Wildman–Crippen MR) is 132 cm³/mol. The number of carboxylic acids is 1. The van der Waals surface area contributed by atoms with Crippen LogP contribution in [0, 0.1) is 24.0 Å². The van der Waals surface area contributed by atoms with Crippen LogP contribution in [0.1, 0.15) is 56.5 Å². The minimum Gasteiger partial charge on any atom is -0.486 e. The number of carbonyl (C=O) groups is 2. The molecule has 13 nitrogen and oxygen atoms in total. The maximum absolute atomic E-state index is 12.5. The maximum Gasteiger partial charge on any atom is 0.371 e. The number of amides is 1. The molecule has 3 heterocycles. The van der Waals surface area contributed by atoms with E-state index in [-0.39, 0.29) is 30.4 Å². The lowest BCUT2D eigenvalue weighted by Gasteiger charge is -2.06. The van der Waals surface area contributed by atoms with Gasteiger partial charge in [0.1, 0.15) is 35.3 Å². The summed E-state index contributed by atoms with van der Waals surface area (Å²) >= 11 is 0. The standard InChI is InChI=1S/C25H23N5O8/c1-14(17-4-6-18(7-5-17)36-13-20-9-11-22(38-20)25(32)33)26-27-24(31)21-10-8-19(37-21)12-29-16(3)23(30(34)35)15(2)28-29/h4-11H,12-13H2,1-3H3,(H,27,31)(H,32,33). The van der Waals surface area contributed by atoms with Gasteiger partial charge in [0.2, 0.25) is 5.76 Å². The number of hydrazone groups is 1. The number of carboxylic acid groups (broad SMARTS) is 1. The van der Waals surface area contributed by atoms with Crippen molar-refractivity contribution in [2.24, 2.45) is 5.10 Å². The van der Waals surface area contributed by atoms with Crippen LogP contribution < -0.4 is 10.2 Å². The van der Waals surface area contributed by atoms with Gasteiger partial charge in [-0.2, -0.15) is 10.2 Å². The van der Waals surface area contributed by atoms with E-state index in [0.29, 0.717) is 34.4 Å². The lowest BCUT2D eigenvalue weighted by atomic mass is 10.1. The van der Waals surface area contributed by atoms with Gasteiger partial charge >= 0.3 is 17.6 Å². The van der Waals surface area contributed by atoms with E-state index in [1.54, 1.807) is 51.1 Å². The molecule has 1 aromatic carbocycles. The van der Waals surface area contributed by atoms with Crippen molar-refractivity contribution in [2.75, 3.05) is 0 Å². The van der Waals surface area contributed by atoms with Crippen LogP contribution >= 0.6 is 0 Å². The van der Waals surface area contributed by atoms with Crippen molar-refractivity contribution in [2.45, 2.75) is 33.9 Å². The SMILES string of the molecule is CC(=NNC(=O)c1ccc(Cn2nc(C)c([N+](=O)[O-])c2C)o1)c1ccc(OCc2ccc(C(=O)O)o2)cc1. The average molecular weight is 521 g/mol. The van der Waals surface area contributed by atoms with E-state index >= 15 is 0 Å². The predicted octanol–water partition coefficient (Wildman–Crippen LogP) is 4.07. The number of benzene rings is 1. The number of ether oxygens (including phenoxy) is 1. The molecule has 4 aromatic rings. The fourth-order valence-corrected chi connectivity index (χ4v) is 3.61. The molecule has 2 N–H and O–H groups in total. The number of furan rings is 2. The summed E-state index contributed by atoms with van der Waals surface area (Å²) in [6.45, 7) is 5.07. The van der Waals surface area contributed by atoms with E-state index in [1.165, 1.54) is 22.9 Å². The van der Waals surface area contributed by atoms with Gasteiger partial charge in [-0.3, -0.25) is 19.6 Å². The molecule has 196 valence electrons. The summed E-state index contributed by atoms with van der Waals surface area (Å²) < 4.78 is 17.8. The Morgan fingerprint density at radius 3 is 2.37 bits per heavy atom. The summed E-state index contributed by atoms with van der Waals surface area (Å²) in [5, 5.41) is 28.4. The second-order valence-corrected chi connectivity index (χ2v) is 8.22. The van der Waals surface area contributed by atoms with E-state index in [1.807, 2.05) is 0 Å². The van der Waals surface area contributed by atoms with Gasteiger partial charge in [0.05, 0.1) is 17.2 Å². The number of nitrogens with zero attached hydrogens (tertiary/aromatic N) is 4. The topological polar surface area (TPSA) is 175 Å². The van der Waals surface area contributed by atoms with Crippen molar-refractivity contribution >= 4 is 23.3 Å². The third-order valence-electron chi connectivity index (χ3n) is 5.57. The van der Waals surface area contributed by atoms with Crippen molar-refractivity contribution in [1.29, 1.82) is 0 Å². The van der Waals surface area contributed by atoms with E-state index in [0.717, 1.165) is 5.56 Å². The molecule has 0 saturated carbocycles. The smallest absolute Gasteiger partial charge is 0.371 e. The highest BCUT2D eigenvalue weighted by Crippen LogP contribution is 2.23. The summed E-state index contributed by atoms with van der Waals surface area (Å²) in [4.78, 5) is 34.1. The van der Waals surface area contributed by atoms with Crippen LogP contribution in [-0.4, -0.2) is 37.4 Å². The molecule has 0 bridgehead atoms. The van der Waals surface area contributed by atoms with Crippen molar-refractivity contribution in [3.8, 4) is 5.75 Å². The number of rotatable bonds is 10. The quantitative estimate of drug-likeness (QED) is 0.177. The Morgan fingerprint density at radius 1 is 1.08 bits per heavy atom. The Bertz CT molecular complexity index is 1530. The fraction of sp³-hybridized carbons (Fsp3) is 0.200. The zero-order chi connectivity index (χ0) is 27.4. The molecule has 0 spiro atoms. The van der Waals surface area contributed by atoms with Gasteiger partial charge in [-0.25, -0.2) is 10.2 Å². The summed E-state index contributed by atoms with van der Waals surface area (Å²) in [6, 6.07) is 12.9. The third-order valence-corrected chi connectivity index (χ3v) is 5.57. The minimum atomic E-state index is -1.15. The fourth-order valence-electron chi connectivity index (χ4n) is 3.61. The minimum absolute atomic E-state index is 0.0281. The van der Waals surface area contributed by atoms with Crippen molar-refractivity contribution < 1.29 is 33.2 Å². The van der Waals surface area contributed by atoms with Gasteiger partial charge in [0, 0.05) is 0 Å². The highest BCUT2D eigenvalue weighted by molar-refractivity contribution is 6.00. The first-order valence-corrected chi connectivity index (χ1v) is 11.3. The molecule has 0 unspecified atom stereocenters. The highest BCUT2D eigenvalue weighted by Gasteiger charge is 2.22. The first-order chi connectivity index (χ1) is 18.1. The Hall–Kier alpha value is -5.20. The van der Waals surface area contributed by atoms with Crippen LogP contribution in [-0.2, 0) is 13.2 Å². The number of aryl methyl sites for hydroxylation is 1. The number of aromatic carboxylic acids is 1. The molecule has 1 amide bonds. The molecule has 0 aliphatic carbocycles. The molecule has 38 heavy (non-hydrogen) atoms. The van der Waals surface area contributed by atoms with Crippen LogP contribution in [0.15, 0.2) is 62.5 Å². The first kappa shape index (κ1) is 25.9. The first-order valence-electron chi connectivity index (χ1n) is 11.3. The Labute approximate surface area is 215 Å². The summed E-state index contributed by atoms with van der Waals surface area (Å²) in [5.74, 6) is -0.523. The molecule has 0 radical (unpaired) electrons. The lowest BCUT2D eigenvalue weighted by molar-refractivity contribution is -0.386. The third kappa shape index (κ3) is 5.78. The molecule has 0 atom stereocenters. The Morgan fingerprint density at radius 2 is 1.74 bits per heavy atom. The average Bonchev–Trinajstić information content (AvgIpc) is 3.61. The van der Waals surface area contributed by atoms with Gasteiger partial charge in [0.15, 0.2) is 5.76 Å². The zero-order valence-corrected chi connectivity index (χ0v) is 20.6. The molecule has 0 aliphatic heterocycles. The Kier molecular flexibility index (Phi) is 7.37. The van der Waals surface area contributed by atoms with Crippen molar-refractivity contribution in [3.05, 3.63) is 98.6 Å². The van der Waals surface area contributed by atoms with Gasteiger partial charge in [-0.15, -0.1) is 0 Å².